The number of furan rings is 1. The number of nitrogens with one attached hydrogen (secondary N) is 1. The van der Waals surface area contributed by atoms with Crippen LogP contribution in [-0.4, -0.2) is 16.2 Å². The maximum Gasteiger partial charge on any atom is 0.160 e. The molecule has 0 saturated heterocycles. The molecule has 0 amide bonds. The predicted octanol–water partition coefficient (Wildman–Crippen LogP) is 14.9. The molecule has 1 unspecified atom stereocenters. The molecule has 1 N–H and O–H groups in total. The summed E-state index contributed by atoms with van der Waals surface area (Å²) < 4.78 is 9.20. The van der Waals surface area contributed by atoms with E-state index in [4.69, 9.17) is 14.4 Å². The minimum Gasteiger partial charge on any atom is -0.456 e. The smallest absolute Gasteiger partial charge is 0.160 e. The fourth-order valence-electron chi connectivity index (χ4n) is 10.5. The lowest BCUT2D eigenvalue weighted by atomic mass is 9.94. The summed E-state index contributed by atoms with van der Waals surface area (Å²) in [5.74, 6) is 1.40. The van der Waals surface area contributed by atoms with Gasteiger partial charge in [0, 0.05) is 44.3 Å². The molecule has 13 aromatic rings. The van der Waals surface area contributed by atoms with E-state index in [0.717, 1.165) is 77.3 Å². The number of rotatable bonds is 4. The van der Waals surface area contributed by atoms with Crippen LogP contribution in [0, 0.1) is 0 Å². The van der Waals surface area contributed by atoms with E-state index in [1.165, 1.54) is 48.5 Å². The van der Waals surface area contributed by atoms with E-state index in [9.17, 15) is 0 Å². The normalized spacial score (nSPS) is 14.4. The molecule has 0 bridgehead atoms. The standard InChI is InChI=1S/C59H36N4O/c1-2-16-36-32-53-48(29-35(36)15-1)46-25-11-13-27-52(46)63(53)39-33-51(56-47-26-12-14-28-54(47)64-55(56)34-39)59-61-57(49-30-37-17-3-5-19-40(37)42-21-7-9-23-44(42)49)60-58(62-59)50-31-38-18-4-6-20-41(38)43-22-8-10-24-45(43)50/h1-34,57H,(H,60,61,62). The van der Waals surface area contributed by atoms with Crippen LogP contribution in [-0.2, 0) is 0 Å². The van der Waals surface area contributed by atoms with Crippen molar-refractivity contribution in [2.45, 2.75) is 6.17 Å². The summed E-state index contributed by atoms with van der Waals surface area (Å²) in [7, 11) is 0. The molecule has 298 valence electrons. The largest absolute Gasteiger partial charge is 0.456 e. The molecule has 1 atom stereocenters. The Bertz CT molecular complexity index is 4190. The quantitative estimate of drug-likeness (QED) is 0.180. The van der Waals surface area contributed by atoms with Crippen LogP contribution in [0.15, 0.2) is 221 Å². The van der Waals surface area contributed by atoms with Crippen molar-refractivity contribution in [1.82, 2.24) is 9.88 Å². The summed E-state index contributed by atoms with van der Waals surface area (Å²) in [6.07, 6.45) is -0.473. The molecule has 0 spiro atoms. The monoisotopic (exact) mass is 816 g/mol. The van der Waals surface area contributed by atoms with Crippen molar-refractivity contribution in [2.75, 3.05) is 0 Å². The highest BCUT2D eigenvalue weighted by atomic mass is 16.3. The van der Waals surface area contributed by atoms with Gasteiger partial charge in [0.15, 0.2) is 5.84 Å². The summed E-state index contributed by atoms with van der Waals surface area (Å²) >= 11 is 0. The van der Waals surface area contributed by atoms with E-state index in [-0.39, 0.29) is 0 Å². The summed E-state index contributed by atoms with van der Waals surface area (Å²) in [5, 5.41) is 20.1. The zero-order valence-electron chi connectivity index (χ0n) is 34.5. The number of aliphatic imine (C=N–C) groups is 2. The van der Waals surface area contributed by atoms with Gasteiger partial charge >= 0.3 is 0 Å². The zero-order chi connectivity index (χ0) is 41.9. The molecule has 64 heavy (non-hydrogen) atoms. The summed E-state index contributed by atoms with van der Waals surface area (Å²) in [6.45, 7) is 0. The van der Waals surface area contributed by atoms with Gasteiger partial charge in [-0.05, 0) is 96.3 Å². The second-order valence-corrected chi connectivity index (χ2v) is 16.9. The lowest BCUT2D eigenvalue weighted by molar-refractivity contribution is 0.668. The number of fused-ring (bicyclic) bond motifs is 13. The average molecular weight is 817 g/mol. The van der Waals surface area contributed by atoms with E-state index in [2.05, 4.69) is 210 Å². The average Bonchev–Trinajstić information content (AvgIpc) is 3.90. The SMILES string of the molecule is c1ccc2cc3c(cc2c1)c1ccccc1n3-c1cc(C2=NC(c3cc4ccccc4c4ccccc34)NC(c3cc4ccccc4c4ccccc34)=N2)c2c(c1)oc1ccccc12. The van der Waals surface area contributed by atoms with Crippen LogP contribution in [0.1, 0.15) is 22.9 Å². The van der Waals surface area contributed by atoms with E-state index >= 15 is 0 Å². The lowest BCUT2D eigenvalue weighted by Crippen LogP contribution is -2.34. The molecule has 1 aliphatic rings. The lowest BCUT2D eigenvalue weighted by Gasteiger charge is -2.26. The first-order valence-corrected chi connectivity index (χ1v) is 21.8. The number of nitrogens with zero attached hydrogens (tertiary/aromatic N) is 3. The van der Waals surface area contributed by atoms with Crippen LogP contribution in [0.2, 0.25) is 0 Å². The van der Waals surface area contributed by atoms with E-state index < -0.39 is 6.17 Å². The Morgan fingerprint density at radius 2 is 0.984 bits per heavy atom. The van der Waals surface area contributed by atoms with Gasteiger partial charge in [-0.15, -0.1) is 0 Å². The maximum atomic E-state index is 6.82. The first-order valence-electron chi connectivity index (χ1n) is 21.8. The summed E-state index contributed by atoms with van der Waals surface area (Å²) in [5.41, 5.74) is 7.84. The van der Waals surface area contributed by atoms with Crippen molar-refractivity contribution in [3.8, 4) is 5.69 Å². The fourth-order valence-corrected chi connectivity index (χ4v) is 10.5. The predicted molar refractivity (Wildman–Crippen MR) is 267 cm³/mol. The minimum absolute atomic E-state index is 0.473. The molecule has 14 rings (SSSR count). The first-order chi connectivity index (χ1) is 31.7. The molecule has 0 aliphatic carbocycles. The number of para-hydroxylation sites is 2. The first kappa shape index (κ1) is 35.1. The number of hydrogen-bond donors (Lipinski definition) is 1. The third kappa shape index (κ3) is 5.18. The molecule has 3 heterocycles. The minimum atomic E-state index is -0.473. The Labute approximate surface area is 366 Å². The second-order valence-electron chi connectivity index (χ2n) is 16.9. The van der Waals surface area contributed by atoms with Gasteiger partial charge in [0.25, 0.3) is 0 Å². The molecule has 5 nitrogen and oxygen atoms in total. The second kappa shape index (κ2) is 13.5. The summed E-state index contributed by atoms with van der Waals surface area (Å²) in [6, 6.07) is 73.9. The van der Waals surface area contributed by atoms with E-state index in [1.54, 1.807) is 0 Å². The van der Waals surface area contributed by atoms with Crippen molar-refractivity contribution in [1.29, 1.82) is 0 Å². The molecule has 11 aromatic carbocycles. The van der Waals surface area contributed by atoms with Crippen LogP contribution in [0.4, 0.5) is 0 Å². The maximum absolute atomic E-state index is 6.82. The zero-order valence-corrected chi connectivity index (χ0v) is 34.5. The van der Waals surface area contributed by atoms with Gasteiger partial charge in [0.05, 0.1) is 16.7 Å². The highest BCUT2D eigenvalue weighted by molar-refractivity contribution is 6.26. The van der Waals surface area contributed by atoms with Crippen LogP contribution in [0.5, 0.6) is 0 Å². The number of hydrogen-bond acceptors (Lipinski definition) is 4. The number of benzene rings is 11. The molecular weight excluding hydrogens is 781 g/mol. The summed E-state index contributed by atoms with van der Waals surface area (Å²) in [4.78, 5) is 11.3. The Kier molecular flexibility index (Phi) is 7.39. The molecule has 5 heteroatoms. The van der Waals surface area contributed by atoms with Gasteiger partial charge in [0.2, 0.25) is 0 Å². The molecule has 1 aliphatic heterocycles. The molecule has 0 saturated carbocycles. The van der Waals surface area contributed by atoms with E-state index in [1.807, 2.05) is 6.07 Å². The fraction of sp³-hybridized carbons (Fsp3) is 0.0169. The third-order valence-corrected chi connectivity index (χ3v) is 13.4. The van der Waals surface area contributed by atoms with Gasteiger partial charge in [-0.1, -0.05) is 158 Å². The van der Waals surface area contributed by atoms with Crippen LogP contribution in [0.25, 0.3) is 103 Å². The third-order valence-electron chi connectivity index (χ3n) is 13.4. The highest BCUT2D eigenvalue weighted by Gasteiger charge is 2.28. The molecule has 2 aromatic heterocycles. The molecular formula is C59H36N4O. The van der Waals surface area contributed by atoms with Crippen molar-refractivity contribution in [2.24, 2.45) is 9.98 Å². The van der Waals surface area contributed by atoms with Gasteiger partial charge < -0.3 is 14.3 Å². The van der Waals surface area contributed by atoms with Crippen LogP contribution >= 0.6 is 0 Å². The van der Waals surface area contributed by atoms with Crippen molar-refractivity contribution < 1.29 is 4.42 Å². The highest BCUT2D eigenvalue weighted by Crippen LogP contribution is 2.41. The van der Waals surface area contributed by atoms with Crippen molar-refractivity contribution >= 4 is 109 Å². The van der Waals surface area contributed by atoms with Gasteiger partial charge in [0.1, 0.15) is 23.2 Å². The Hall–Kier alpha value is -8.54. The van der Waals surface area contributed by atoms with Gasteiger partial charge in [-0.3, -0.25) is 0 Å². The Morgan fingerprint density at radius 3 is 1.75 bits per heavy atom. The van der Waals surface area contributed by atoms with Crippen LogP contribution in [0.3, 0.4) is 0 Å². The van der Waals surface area contributed by atoms with Crippen LogP contribution < -0.4 is 5.32 Å². The Morgan fingerprint density at radius 1 is 0.406 bits per heavy atom. The van der Waals surface area contributed by atoms with Gasteiger partial charge in [-0.2, -0.15) is 0 Å². The molecule has 0 fully saturated rings. The number of aromatic nitrogens is 1. The van der Waals surface area contributed by atoms with Gasteiger partial charge in [-0.25, -0.2) is 9.98 Å². The van der Waals surface area contributed by atoms with Crippen molar-refractivity contribution in [3.63, 3.8) is 0 Å². The number of amidine groups is 2. The molecule has 0 radical (unpaired) electrons. The Balaban J connectivity index is 1.09. The van der Waals surface area contributed by atoms with Crippen molar-refractivity contribution in [3.05, 3.63) is 223 Å². The topological polar surface area (TPSA) is 54.8 Å². The van der Waals surface area contributed by atoms with E-state index in [0.29, 0.717) is 5.84 Å².